The number of hydrogen-bond acceptors (Lipinski definition) is 5. The van der Waals surface area contributed by atoms with Crippen molar-refractivity contribution in [1.82, 2.24) is 9.88 Å². The van der Waals surface area contributed by atoms with Crippen molar-refractivity contribution in [2.24, 2.45) is 0 Å². The van der Waals surface area contributed by atoms with Gasteiger partial charge >= 0.3 is 0 Å². The van der Waals surface area contributed by atoms with E-state index in [2.05, 4.69) is 9.71 Å². The van der Waals surface area contributed by atoms with Crippen molar-refractivity contribution in [3.05, 3.63) is 60.3 Å². The number of hydrogen-bond donors (Lipinski definition) is 1. The van der Waals surface area contributed by atoms with E-state index in [4.69, 9.17) is 4.74 Å². The van der Waals surface area contributed by atoms with Crippen LogP contribution in [0.3, 0.4) is 0 Å². The number of sulfonamides is 1. The third-order valence-electron chi connectivity index (χ3n) is 3.98. The van der Waals surface area contributed by atoms with Gasteiger partial charge in [-0.15, -0.1) is 0 Å². The van der Waals surface area contributed by atoms with Crippen LogP contribution in [0, 0.1) is 0 Å². The summed E-state index contributed by atoms with van der Waals surface area (Å²) in [5.41, 5.74) is 0.889. The van der Waals surface area contributed by atoms with Crippen LogP contribution < -0.4 is 9.46 Å². The average molecular weight is 385 g/mol. The summed E-state index contributed by atoms with van der Waals surface area (Å²) in [6.45, 7) is 0. The monoisotopic (exact) mass is 385 g/mol. The van der Waals surface area contributed by atoms with E-state index in [9.17, 15) is 13.2 Å². The molecule has 27 heavy (non-hydrogen) atoms. The van der Waals surface area contributed by atoms with E-state index in [1.807, 2.05) is 0 Å². The van der Waals surface area contributed by atoms with Gasteiger partial charge in [0.05, 0.1) is 18.3 Å². The SMILES string of the molecule is COc1ccc(C(=O)N(C)C)cc1NS(=O)(=O)c1cccc2cccnc12. The minimum atomic E-state index is -3.95. The number of carbonyl (C=O) groups is 1. The Hall–Kier alpha value is -3.13. The van der Waals surface area contributed by atoms with Gasteiger partial charge in [-0.3, -0.25) is 14.5 Å². The molecule has 140 valence electrons. The number of fused-ring (bicyclic) bond motifs is 1. The zero-order valence-electron chi connectivity index (χ0n) is 15.1. The predicted octanol–water partition coefficient (Wildman–Crippen LogP) is 2.75. The molecular weight excluding hydrogens is 366 g/mol. The number of para-hydroxylation sites is 1. The van der Waals surface area contributed by atoms with Crippen LogP contribution in [0.25, 0.3) is 10.9 Å². The molecule has 1 N–H and O–H groups in total. The lowest BCUT2D eigenvalue weighted by Crippen LogP contribution is -2.22. The maximum atomic E-state index is 13.0. The van der Waals surface area contributed by atoms with E-state index in [0.29, 0.717) is 22.2 Å². The van der Waals surface area contributed by atoms with E-state index < -0.39 is 10.0 Å². The molecule has 0 atom stereocenters. The Labute approximate surface area is 157 Å². The Morgan fingerprint density at radius 3 is 2.56 bits per heavy atom. The number of rotatable bonds is 5. The Balaban J connectivity index is 2.07. The topological polar surface area (TPSA) is 88.6 Å². The minimum absolute atomic E-state index is 0.0481. The third-order valence-corrected chi connectivity index (χ3v) is 5.38. The van der Waals surface area contributed by atoms with Gasteiger partial charge in [0.2, 0.25) is 0 Å². The summed E-state index contributed by atoms with van der Waals surface area (Å²) in [6, 6.07) is 13.1. The lowest BCUT2D eigenvalue weighted by atomic mass is 10.1. The van der Waals surface area contributed by atoms with E-state index in [0.717, 1.165) is 0 Å². The number of aromatic nitrogens is 1. The first kappa shape index (κ1) is 18.7. The van der Waals surface area contributed by atoms with Crippen molar-refractivity contribution in [2.75, 3.05) is 25.9 Å². The molecule has 0 aliphatic rings. The van der Waals surface area contributed by atoms with Gasteiger partial charge in [-0.05, 0) is 30.3 Å². The fourth-order valence-corrected chi connectivity index (χ4v) is 3.91. The zero-order valence-corrected chi connectivity index (χ0v) is 15.9. The summed E-state index contributed by atoms with van der Waals surface area (Å²) in [5, 5.41) is 0.712. The molecule has 0 fully saturated rings. The van der Waals surface area contributed by atoms with E-state index in [1.54, 1.807) is 50.5 Å². The van der Waals surface area contributed by atoms with Crippen LogP contribution in [0.2, 0.25) is 0 Å². The van der Waals surface area contributed by atoms with Crippen molar-refractivity contribution < 1.29 is 17.9 Å². The predicted molar refractivity (Wildman–Crippen MR) is 104 cm³/mol. The van der Waals surface area contributed by atoms with Crippen molar-refractivity contribution >= 4 is 32.5 Å². The molecule has 0 saturated heterocycles. The molecule has 3 rings (SSSR count). The fourth-order valence-electron chi connectivity index (χ4n) is 2.67. The molecule has 1 aromatic heterocycles. The number of ether oxygens (including phenoxy) is 1. The molecule has 0 spiro atoms. The van der Waals surface area contributed by atoms with Gasteiger partial charge < -0.3 is 9.64 Å². The number of nitrogens with zero attached hydrogens (tertiary/aromatic N) is 2. The number of methoxy groups -OCH3 is 1. The number of nitrogens with one attached hydrogen (secondary N) is 1. The van der Waals surface area contributed by atoms with Gasteiger partial charge in [0.1, 0.15) is 10.6 Å². The summed E-state index contributed by atoms with van der Waals surface area (Å²) < 4.78 is 33.8. The summed E-state index contributed by atoms with van der Waals surface area (Å²) in [4.78, 5) is 17.9. The number of pyridine rings is 1. The Kier molecular flexibility index (Phi) is 5.00. The number of amides is 1. The average Bonchev–Trinajstić information content (AvgIpc) is 2.66. The molecule has 1 heterocycles. The summed E-state index contributed by atoms with van der Waals surface area (Å²) >= 11 is 0. The lowest BCUT2D eigenvalue weighted by Gasteiger charge is -2.15. The van der Waals surface area contributed by atoms with E-state index in [1.165, 1.54) is 30.3 Å². The number of benzene rings is 2. The molecule has 0 saturated carbocycles. The van der Waals surface area contributed by atoms with Crippen molar-refractivity contribution in [3.8, 4) is 5.75 Å². The largest absolute Gasteiger partial charge is 0.495 e. The van der Waals surface area contributed by atoms with Crippen LogP contribution in [-0.4, -0.2) is 45.4 Å². The molecule has 3 aromatic rings. The van der Waals surface area contributed by atoms with Gasteiger partial charge in [0, 0.05) is 31.2 Å². The van der Waals surface area contributed by atoms with Crippen LogP contribution >= 0.6 is 0 Å². The highest BCUT2D eigenvalue weighted by atomic mass is 32.2. The number of carbonyl (C=O) groups excluding carboxylic acids is 1. The third kappa shape index (κ3) is 3.70. The molecule has 1 amide bonds. The molecular formula is C19H19N3O4S. The van der Waals surface area contributed by atoms with Crippen LogP contribution in [-0.2, 0) is 10.0 Å². The van der Waals surface area contributed by atoms with E-state index in [-0.39, 0.29) is 16.5 Å². The van der Waals surface area contributed by atoms with Crippen LogP contribution in [0.1, 0.15) is 10.4 Å². The zero-order chi connectivity index (χ0) is 19.6. The molecule has 2 aromatic carbocycles. The Morgan fingerprint density at radius 1 is 1.11 bits per heavy atom. The molecule has 0 aliphatic heterocycles. The van der Waals surface area contributed by atoms with Gasteiger partial charge in [-0.2, -0.15) is 0 Å². The first-order valence-electron chi connectivity index (χ1n) is 8.10. The maximum Gasteiger partial charge on any atom is 0.264 e. The first-order valence-corrected chi connectivity index (χ1v) is 9.58. The molecule has 7 nitrogen and oxygen atoms in total. The number of anilines is 1. The van der Waals surface area contributed by atoms with Gasteiger partial charge in [0.25, 0.3) is 15.9 Å². The van der Waals surface area contributed by atoms with Gasteiger partial charge in [-0.25, -0.2) is 8.42 Å². The standard InChI is InChI=1S/C19H19N3O4S/c1-22(2)19(23)14-9-10-16(26-3)15(12-14)21-27(24,25)17-8-4-6-13-7-5-11-20-18(13)17/h4-12,21H,1-3H3. The Morgan fingerprint density at radius 2 is 1.85 bits per heavy atom. The second-order valence-electron chi connectivity index (χ2n) is 6.05. The fraction of sp³-hybridized carbons (Fsp3) is 0.158. The van der Waals surface area contributed by atoms with Gasteiger partial charge in [-0.1, -0.05) is 18.2 Å². The quantitative estimate of drug-likeness (QED) is 0.730. The minimum Gasteiger partial charge on any atom is -0.495 e. The molecule has 0 radical (unpaired) electrons. The summed E-state index contributed by atoms with van der Waals surface area (Å²) in [7, 11) is 0.724. The van der Waals surface area contributed by atoms with E-state index >= 15 is 0 Å². The second kappa shape index (κ2) is 7.24. The second-order valence-corrected chi connectivity index (χ2v) is 7.70. The molecule has 8 heteroatoms. The van der Waals surface area contributed by atoms with Crippen LogP contribution in [0.15, 0.2) is 59.6 Å². The first-order chi connectivity index (χ1) is 12.8. The molecule has 0 bridgehead atoms. The van der Waals surface area contributed by atoms with Gasteiger partial charge in [0.15, 0.2) is 0 Å². The maximum absolute atomic E-state index is 13.0. The molecule has 0 aliphatic carbocycles. The smallest absolute Gasteiger partial charge is 0.264 e. The summed E-state index contributed by atoms with van der Waals surface area (Å²) in [6.07, 6.45) is 1.54. The molecule has 0 unspecified atom stereocenters. The highest BCUT2D eigenvalue weighted by Crippen LogP contribution is 2.30. The lowest BCUT2D eigenvalue weighted by molar-refractivity contribution is 0.0827. The summed E-state index contributed by atoms with van der Waals surface area (Å²) in [5.74, 6) is 0.0620. The van der Waals surface area contributed by atoms with Crippen LogP contribution in [0.5, 0.6) is 5.75 Å². The van der Waals surface area contributed by atoms with Crippen molar-refractivity contribution in [3.63, 3.8) is 0 Å². The Bertz CT molecular complexity index is 1110. The van der Waals surface area contributed by atoms with Crippen molar-refractivity contribution in [1.29, 1.82) is 0 Å². The van der Waals surface area contributed by atoms with Crippen LogP contribution in [0.4, 0.5) is 5.69 Å². The highest BCUT2D eigenvalue weighted by Gasteiger charge is 2.21. The normalized spacial score (nSPS) is 11.2. The highest BCUT2D eigenvalue weighted by molar-refractivity contribution is 7.93. The van der Waals surface area contributed by atoms with Crippen molar-refractivity contribution in [2.45, 2.75) is 4.90 Å².